The minimum absolute atomic E-state index is 0.206. The Kier molecular flexibility index (Phi) is 4.23. The quantitative estimate of drug-likeness (QED) is 0.837. The van der Waals surface area contributed by atoms with Gasteiger partial charge in [0.1, 0.15) is 4.90 Å². The summed E-state index contributed by atoms with van der Waals surface area (Å²) in [4.78, 5) is 0.206. The molecule has 1 aliphatic heterocycles. The van der Waals surface area contributed by atoms with Crippen LogP contribution in [-0.4, -0.2) is 25.8 Å². The molecule has 2 atom stereocenters. The van der Waals surface area contributed by atoms with Gasteiger partial charge in [0, 0.05) is 17.6 Å². The summed E-state index contributed by atoms with van der Waals surface area (Å²) >= 11 is 3.29. The molecule has 106 valence electrons. The molecule has 1 saturated heterocycles. The maximum Gasteiger partial charge on any atom is 0.245 e. The summed E-state index contributed by atoms with van der Waals surface area (Å²) in [5, 5.41) is 0. The van der Waals surface area contributed by atoms with Crippen molar-refractivity contribution in [3.63, 3.8) is 0 Å². The van der Waals surface area contributed by atoms with Crippen LogP contribution in [0.3, 0.4) is 0 Å². The third-order valence-electron chi connectivity index (χ3n) is 3.43. The summed E-state index contributed by atoms with van der Waals surface area (Å²) in [6.45, 7) is 5.32. The minimum atomic E-state index is -3.49. The predicted molar refractivity (Wildman–Crippen MR) is 80.3 cm³/mol. The molecule has 6 heteroatoms. The Morgan fingerprint density at radius 1 is 1.26 bits per heavy atom. The normalized spacial score (nSPS) is 25.4. The molecule has 1 aliphatic rings. The number of halogens is 1. The topological polar surface area (TPSA) is 63.4 Å². The highest BCUT2D eigenvalue weighted by atomic mass is 79.9. The second-order valence-electron chi connectivity index (χ2n) is 5.45. The first kappa shape index (κ1) is 14.8. The second-order valence-corrected chi connectivity index (χ2v) is 8.27. The van der Waals surface area contributed by atoms with Gasteiger partial charge >= 0.3 is 0 Å². The average Bonchev–Trinajstić information content (AvgIpc) is 2.26. The molecular formula is C13H19BrN2O2S. The number of nitrogen functional groups attached to an aromatic ring is 1. The van der Waals surface area contributed by atoms with E-state index in [1.807, 2.05) is 0 Å². The Balaban J connectivity index is 2.36. The first-order chi connectivity index (χ1) is 8.80. The standard InChI is InChI=1S/C13H19BrN2O2S/c1-9-5-10(2)8-16(7-9)19(17,18)13-4-3-11(14)6-12(13)15/h3-4,6,9-10H,5,7-8,15H2,1-2H3. The Morgan fingerprint density at radius 3 is 2.37 bits per heavy atom. The van der Waals surface area contributed by atoms with Gasteiger partial charge in [-0.15, -0.1) is 0 Å². The molecule has 0 bridgehead atoms. The molecule has 1 aromatic rings. The van der Waals surface area contributed by atoms with Crippen LogP contribution in [0.15, 0.2) is 27.6 Å². The summed E-state index contributed by atoms with van der Waals surface area (Å²) in [6, 6.07) is 4.91. The van der Waals surface area contributed by atoms with Gasteiger partial charge in [0.25, 0.3) is 0 Å². The molecule has 0 saturated carbocycles. The van der Waals surface area contributed by atoms with Gasteiger partial charge in [-0.05, 0) is 36.5 Å². The van der Waals surface area contributed by atoms with Crippen molar-refractivity contribution < 1.29 is 8.42 Å². The molecule has 0 radical (unpaired) electrons. The van der Waals surface area contributed by atoms with Crippen molar-refractivity contribution >= 4 is 31.6 Å². The van der Waals surface area contributed by atoms with Gasteiger partial charge in [0.2, 0.25) is 10.0 Å². The van der Waals surface area contributed by atoms with E-state index < -0.39 is 10.0 Å². The van der Waals surface area contributed by atoms with Crippen molar-refractivity contribution in [3.8, 4) is 0 Å². The lowest BCUT2D eigenvalue weighted by Crippen LogP contribution is -2.42. The third-order valence-corrected chi connectivity index (χ3v) is 5.82. The molecule has 4 nitrogen and oxygen atoms in total. The van der Waals surface area contributed by atoms with Gasteiger partial charge in [-0.25, -0.2) is 8.42 Å². The van der Waals surface area contributed by atoms with Gasteiger partial charge in [-0.1, -0.05) is 29.8 Å². The molecule has 1 aromatic carbocycles. The van der Waals surface area contributed by atoms with Crippen molar-refractivity contribution in [1.82, 2.24) is 4.31 Å². The van der Waals surface area contributed by atoms with Crippen LogP contribution >= 0.6 is 15.9 Å². The van der Waals surface area contributed by atoms with E-state index in [0.29, 0.717) is 30.6 Å². The molecule has 2 unspecified atom stereocenters. The van der Waals surface area contributed by atoms with Crippen LogP contribution in [0.5, 0.6) is 0 Å². The molecule has 2 rings (SSSR count). The molecule has 0 aliphatic carbocycles. The van der Waals surface area contributed by atoms with Gasteiger partial charge in [0.15, 0.2) is 0 Å². The van der Waals surface area contributed by atoms with Crippen molar-refractivity contribution in [2.24, 2.45) is 11.8 Å². The van der Waals surface area contributed by atoms with E-state index in [1.54, 1.807) is 22.5 Å². The van der Waals surface area contributed by atoms with Crippen molar-refractivity contribution in [2.45, 2.75) is 25.2 Å². The third kappa shape index (κ3) is 3.12. The van der Waals surface area contributed by atoms with Crippen molar-refractivity contribution in [3.05, 3.63) is 22.7 Å². The summed E-state index contributed by atoms with van der Waals surface area (Å²) in [5.74, 6) is 0.769. The minimum Gasteiger partial charge on any atom is -0.398 e. The molecule has 19 heavy (non-hydrogen) atoms. The number of sulfonamides is 1. The van der Waals surface area contributed by atoms with E-state index in [9.17, 15) is 8.42 Å². The van der Waals surface area contributed by atoms with Gasteiger partial charge in [-0.3, -0.25) is 0 Å². The van der Waals surface area contributed by atoms with E-state index in [0.717, 1.165) is 10.9 Å². The van der Waals surface area contributed by atoms with Crippen LogP contribution < -0.4 is 5.73 Å². The highest BCUT2D eigenvalue weighted by Gasteiger charge is 2.32. The Labute approximate surface area is 123 Å². The van der Waals surface area contributed by atoms with E-state index in [2.05, 4.69) is 29.8 Å². The summed E-state index contributed by atoms with van der Waals surface area (Å²) in [7, 11) is -3.49. The zero-order chi connectivity index (χ0) is 14.2. The van der Waals surface area contributed by atoms with E-state index in [4.69, 9.17) is 5.73 Å². The van der Waals surface area contributed by atoms with Gasteiger partial charge in [-0.2, -0.15) is 4.31 Å². The first-order valence-corrected chi connectivity index (χ1v) is 8.59. The van der Waals surface area contributed by atoms with Crippen LogP contribution in [0, 0.1) is 11.8 Å². The molecule has 0 aromatic heterocycles. The first-order valence-electron chi connectivity index (χ1n) is 6.36. The second kappa shape index (κ2) is 5.42. The Morgan fingerprint density at radius 2 is 1.84 bits per heavy atom. The fourth-order valence-electron chi connectivity index (χ4n) is 2.70. The van der Waals surface area contributed by atoms with E-state index in [1.165, 1.54) is 0 Å². The molecule has 1 fully saturated rings. The number of nitrogens with two attached hydrogens (primary N) is 1. The smallest absolute Gasteiger partial charge is 0.245 e. The largest absolute Gasteiger partial charge is 0.398 e. The lowest BCUT2D eigenvalue weighted by atomic mass is 9.94. The highest BCUT2D eigenvalue weighted by molar-refractivity contribution is 9.10. The van der Waals surface area contributed by atoms with Crippen molar-refractivity contribution in [2.75, 3.05) is 18.8 Å². The predicted octanol–water partition coefficient (Wildman–Crippen LogP) is 2.70. The van der Waals surface area contributed by atoms with Crippen LogP contribution in [0.1, 0.15) is 20.3 Å². The maximum absolute atomic E-state index is 12.6. The van der Waals surface area contributed by atoms with Crippen molar-refractivity contribution in [1.29, 1.82) is 0 Å². The van der Waals surface area contributed by atoms with Gasteiger partial charge < -0.3 is 5.73 Å². The number of benzene rings is 1. The zero-order valence-electron chi connectivity index (χ0n) is 11.1. The Hall–Kier alpha value is -0.590. The number of nitrogens with zero attached hydrogens (tertiary/aromatic N) is 1. The fourth-order valence-corrected chi connectivity index (χ4v) is 4.85. The summed E-state index contributed by atoms with van der Waals surface area (Å²) < 4.78 is 27.6. The van der Waals surface area contributed by atoms with Crippen LogP contribution in [-0.2, 0) is 10.0 Å². The number of anilines is 1. The lowest BCUT2D eigenvalue weighted by Gasteiger charge is -2.34. The molecular weight excluding hydrogens is 328 g/mol. The zero-order valence-corrected chi connectivity index (χ0v) is 13.5. The summed E-state index contributed by atoms with van der Waals surface area (Å²) in [6.07, 6.45) is 1.07. The van der Waals surface area contributed by atoms with Gasteiger partial charge in [0.05, 0.1) is 5.69 Å². The fraction of sp³-hybridized carbons (Fsp3) is 0.538. The van der Waals surface area contributed by atoms with Crippen LogP contribution in [0.25, 0.3) is 0 Å². The maximum atomic E-state index is 12.6. The number of rotatable bonds is 2. The highest BCUT2D eigenvalue weighted by Crippen LogP contribution is 2.30. The lowest BCUT2D eigenvalue weighted by molar-refractivity contribution is 0.222. The van der Waals surface area contributed by atoms with Crippen LogP contribution in [0.4, 0.5) is 5.69 Å². The van der Waals surface area contributed by atoms with E-state index in [-0.39, 0.29) is 4.90 Å². The Bertz CT molecular complexity index is 564. The average molecular weight is 347 g/mol. The number of hydrogen-bond acceptors (Lipinski definition) is 3. The molecule has 0 amide bonds. The van der Waals surface area contributed by atoms with Crippen LogP contribution in [0.2, 0.25) is 0 Å². The molecule has 0 spiro atoms. The molecule has 1 heterocycles. The summed E-state index contributed by atoms with van der Waals surface area (Å²) in [5.41, 5.74) is 6.14. The molecule has 2 N–H and O–H groups in total. The number of hydrogen-bond donors (Lipinski definition) is 1. The SMILES string of the molecule is CC1CC(C)CN(S(=O)(=O)c2ccc(Br)cc2N)C1. The van der Waals surface area contributed by atoms with E-state index >= 15 is 0 Å². The number of piperidine rings is 1. The monoisotopic (exact) mass is 346 g/mol.